The molecule has 0 radical (unpaired) electrons. The largest absolute Gasteiger partial charge is 0.480 e. The summed E-state index contributed by atoms with van der Waals surface area (Å²) in [5, 5.41) is 10.7. The number of furan rings is 1. The van der Waals surface area contributed by atoms with E-state index in [1.165, 1.54) is 17.7 Å². The summed E-state index contributed by atoms with van der Waals surface area (Å²) < 4.78 is 34.7. The fourth-order valence-electron chi connectivity index (χ4n) is 5.26. The minimum absolute atomic E-state index is 0.00241. The van der Waals surface area contributed by atoms with E-state index >= 15 is 0 Å². The molecule has 0 saturated carbocycles. The SMILES string of the molecule is O=C(O)[C@H](Cc1ccccc1)NS(=O)(=O)c1ccc(-c2ccc(-c3c(Cc4ccccc4)oc4ccccc34)cc2)cc1. The number of carboxylic acids is 1. The van der Waals surface area contributed by atoms with Crippen molar-refractivity contribution in [3.05, 3.63) is 150 Å². The molecule has 1 heterocycles. The van der Waals surface area contributed by atoms with Gasteiger partial charge in [0.25, 0.3) is 0 Å². The Labute approximate surface area is 250 Å². The smallest absolute Gasteiger partial charge is 0.322 e. The number of hydrogen-bond donors (Lipinski definition) is 2. The minimum Gasteiger partial charge on any atom is -0.480 e. The zero-order valence-electron chi connectivity index (χ0n) is 23.2. The third kappa shape index (κ3) is 6.28. The third-order valence-corrected chi connectivity index (χ3v) is 8.91. The minimum atomic E-state index is -4.05. The number of fused-ring (bicyclic) bond motifs is 1. The van der Waals surface area contributed by atoms with Gasteiger partial charge in [-0.3, -0.25) is 4.79 Å². The summed E-state index contributed by atoms with van der Waals surface area (Å²) in [4.78, 5) is 11.8. The van der Waals surface area contributed by atoms with E-state index in [0.717, 1.165) is 44.5 Å². The molecule has 0 spiro atoms. The molecule has 6 nitrogen and oxygen atoms in total. The first-order chi connectivity index (χ1) is 20.9. The maximum absolute atomic E-state index is 13.0. The van der Waals surface area contributed by atoms with Crippen molar-refractivity contribution in [3.8, 4) is 22.3 Å². The summed E-state index contributed by atoms with van der Waals surface area (Å²) in [7, 11) is -4.05. The predicted octanol–water partition coefficient (Wildman–Crippen LogP) is 7.33. The van der Waals surface area contributed by atoms with Crippen molar-refractivity contribution in [2.75, 3.05) is 0 Å². The highest BCUT2D eigenvalue weighted by Crippen LogP contribution is 2.37. The molecular formula is C36H29NO5S. The number of nitrogens with one attached hydrogen (secondary N) is 1. The van der Waals surface area contributed by atoms with Crippen LogP contribution in [0.4, 0.5) is 0 Å². The van der Waals surface area contributed by atoms with E-state index in [9.17, 15) is 18.3 Å². The van der Waals surface area contributed by atoms with E-state index in [2.05, 4.69) is 22.9 Å². The summed E-state index contributed by atoms with van der Waals surface area (Å²) in [6.07, 6.45) is 0.712. The second-order valence-corrected chi connectivity index (χ2v) is 12.1. The molecule has 0 unspecified atom stereocenters. The molecule has 0 saturated heterocycles. The highest BCUT2D eigenvalue weighted by molar-refractivity contribution is 7.89. The molecule has 6 rings (SSSR count). The zero-order valence-corrected chi connectivity index (χ0v) is 24.0. The van der Waals surface area contributed by atoms with Crippen LogP contribution < -0.4 is 4.72 Å². The van der Waals surface area contributed by atoms with E-state index in [4.69, 9.17) is 4.42 Å². The molecule has 2 N–H and O–H groups in total. The van der Waals surface area contributed by atoms with Crippen molar-refractivity contribution in [3.63, 3.8) is 0 Å². The van der Waals surface area contributed by atoms with Gasteiger partial charge in [-0.25, -0.2) is 8.42 Å². The number of rotatable bonds is 10. The van der Waals surface area contributed by atoms with Gasteiger partial charge in [-0.1, -0.05) is 115 Å². The summed E-state index contributed by atoms with van der Waals surface area (Å²) >= 11 is 0. The van der Waals surface area contributed by atoms with Crippen molar-refractivity contribution < 1.29 is 22.7 Å². The molecule has 7 heteroatoms. The Kier molecular flexibility index (Phi) is 7.92. The molecule has 5 aromatic carbocycles. The lowest BCUT2D eigenvalue weighted by Crippen LogP contribution is -2.42. The predicted molar refractivity (Wildman–Crippen MR) is 168 cm³/mol. The average Bonchev–Trinajstić information content (AvgIpc) is 3.39. The first-order valence-electron chi connectivity index (χ1n) is 13.9. The number of para-hydroxylation sites is 1. The van der Waals surface area contributed by atoms with E-state index in [1.807, 2.05) is 66.7 Å². The average molecular weight is 588 g/mol. The Hall–Kier alpha value is -4.98. The van der Waals surface area contributed by atoms with E-state index in [-0.39, 0.29) is 11.3 Å². The molecule has 0 aliphatic heterocycles. The number of hydrogen-bond acceptors (Lipinski definition) is 4. The van der Waals surface area contributed by atoms with Crippen LogP contribution in [-0.2, 0) is 27.7 Å². The van der Waals surface area contributed by atoms with Crippen molar-refractivity contribution in [1.82, 2.24) is 4.72 Å². The van der Waals surface area contributed by atoms with E-state index in [1.54, 1.807) is 36.4 Å². The molecule has 6 aromatic rings. The molecule has 0 aliphatic rings. The second kappa shape index (κ2) is 12.1. The molecule has 1 aromatic heterocycles. The van der Waals surface area contributed by atoms with Gasteiger partial charge in [0.2, 0.25) is 10.0 Å². The summed E-state index contributed by atoms with van der Waals surface area (Å²) in [5.41, 5.74) is 6.58. The summed E-state index contributed by atoms with van der Waals surface area (Å²) in [6.45, 7) is 0. The van der Waals surface area contributed by atoms with Gasteiger partial charge in [-0.05, 0) is 52.4 Å². The fraction of sp³-hybridized carbons (Fsp3) is 0.0833. The van der Waals surface area contributed by atoms with Crippen LogP contribution in [-0.4, -0.2) is 25.5 Å². The topological polar surface area (TPSA) is 96.6 Å². The normalized spacial score (nSPS) is 12.3. The zero-order chi connectivity index (χ0) is 29.8. The highest BCUT2D eigenvalue weighted by Gasteiger charge is 2.26. The van der Waals surface area contributed by atoms with Crippen LogP contribution in [0.5, 0.6) is 0 Å². The van der Waals surface area contributed by atoms with Crippen molar-refractivity contribution in [2.24, 2.45) is 0 Å². The monoisotopic (exact) mass is 587 g/mol. The van der Waals surface area contributed by atoms with Gasteiger partial charge in [0.15, 0.2) is 0 Å². The molecule has 0 bridgehead atoms. The third-order valence-electron chi connectivity index (χ3n) is 7.43. The molecule has 1 atom stereocenters. The quantitative estimate of drug-likeness (QED) is 0.175. The Morgan fingerprint density at radius 1 is 0.674 bits per heavy atom. The lowest BCUT2D eigenvalue weighted by molar-refractivity contribution is -0.138. The van der Waals surface area contributed by atoms with Crippen LogP contribution in [0.15, 0.2) is 143 Å². The Morgan fingerprint density at radius 2 is 1.21 bits per heavy atom. The van der Waals surface area contributed by atoms with Crippen molar-refractivity contribution in [2.45, 2.75) is 23.8 Å². The highest BCUT2D eigenvalue weighted by atomic mass is 32.2. The summed E-state index contributed by atoms with van der Waals surface area (Å²) in [6, 6.07) is 40.4. The maximum atomic E-state index is 13.0. The van der Waals surface area contributed by atoms with Gasteiger partial charge in [-0.15, -0.1) is 0 Å². The lowest BCUT2D eigenvalue weighted by Gasteiger charge is -2.15. The molecular weight excluding hydrogens is 558 g/mol. The molecule has 0 aliphatic carbocycles. The van der Waals surface area contributed by atoms with Crippen molar-refractivity contribution >= 4 is 27.0 Å². The van der Waals surface area contributed by atoms with Gasteiger partial charge in [0.1, 0.15) is 17.4 Å². The van der Waals surface area contributed by atoms with Crippen molar-refractivity contribution in [1.29, 1.82) is 0 Å². The van der Waals surface area contributed by atoms with Crippen LogP contribution in [0.3, 0.4) is 0 Å². The first kappa shape index (κ1) is 28.2. The number of carboxylic acid groups (broad SMARTS) is 1. The maximum Gasteiger partial charge on any atom is 0.322 e. The molecule has 43 heavy (non-hydrogen) atoms. The standard InChI is InChI=1S/C36H29NO5S/c38-36(39)32(23-25-9-3-1-4-10-25)37-43(40,41)30-21-19-28(20-22-30)27-15-17-29(18-16-27)35-31-13-7-8-14-33(31)42-34(35)24-26-11-5-2-6-12-26/h1-22,32,37H,23-24H2,(H,38,39)/t32-/m0/s1. The van der Waals surface area contributed by atoms with Gasteiger partial charge < -0.3 is 9.52 Å². The van der Waals surface area contributed by atoms with E-state index < -0.39 is 22.0 Å². The molecule has 214 valence electrons. The molecule has 0 amide bonds. The summed E-state index contributed by atoms with van der Waals surface area (Å²) in [5.74, 6) is -0.337. The number of carbonyl (C=O) groups is 1. The van der Waals surface area contributed by atoms with Crippen LogP contribution in [0.25, 0.3) is 33.2 Å². The Morgan fingerprint density at radius 3 is 1.84 bits per heavy atom. The van der Waals surface area contributed by atoms with Crippen LogP contribution in [0.2, 0.25) is 0 Å². The molecule has 0 fully saturated rings. The van der Waals surface area contributed by atoms with Gasteiger partial charge in [0, 0.05) is 17.4 Å². The van der Waals surface area contributed by atoms with Gasteiger partial charge in [-0.2, -0.15) is 4.72 Å². The van der Waals surface area contributed by atoms with Crippen LogP contribution in [0, 0.1) is 0 Å². The number of benzene rings is 5. The lowest BCUT2D eigenvalue weighted by atomic mass is 9.96. The first-order valence-corrected chi connectivity index (χ1v) is 15.4. The Bertz CT molecular complexity index is 1970. The van der Waals surface area contributed by atoms with E-state index in [0.29, 0.717) is 6.42 Å². The second-order valence-electron chi connectivity index (χ2n) is 10.4. The Balaban J connectivity index is 1.23. The fourth-order valence-corrected chi connectivity index (χ4v) is 6.45. The number of sulfonamides is 1. The van der Waals surface area contributed by atoms with Gasteiger partial charge >= 0.3 is 5.97 Å². The van der Waals surface area contributed by atoms with Gasteiger partial charge in [0.05, 0.1) is 4.90 Å². The van der Waals surface area contributed by atoms with Crippen LogP contribution in [0.1, 0.15) is 16.9 Å². The van der Waals surface area contributed by atoms with Crippen LogP contribution >= 0.6 is 0 Å². The number of aliphatic carboxylic acids is 1.